The van der Waals surface area contributed by atoms with E-state index in [9.17, 15) is 14.4 Å². The molecule has 0 aromatic carbocycles. The van der Waals surface area contributed by atoms with E-state index in [-0.39, 0.29) is 37.5 Å². The van der Waals surface area contributed by atoms with E-state index in [1.54, 1.807) is 0 Å². The summed E-state index contributed by atoms with van der Waals surface area (Å²) in [5, 5.41) is 11.4. The van der Waals surface area contributed by atoms with Crippen molar-refractivity contribution in [3.8, 4) is 0 Å². The molecule has 1 aliphatic rings. The quantitative estimate of drug-likeness (QED) is 0.572. The Labute approximate surface area is 124 Å². The van der Waals surface area contributed by atoms with E-state index >= 15 is 0 Å². The average Bonchev–Trinajstić information content (AvgIpc) is 3.23. The summed E-state index contributed by atoms with van der Waals surface area (Å²) in [5.41, 5.74) is 0. The predicted octanol–water partition coefficient (Wildman–Crippen LogP) is -0.260. The first-order valence-corrected chi connectivity index (χ1v) is 6.95. The molecule has 0 heterocycles. The number of carboxylic acid groups (broad SMARTS) is 1. The Morgan fingerprint density at radius 1 is 1.33 bits per heavy atom. The molecule has 8 nitrogen and oxygen atoms in total. The van der Waals surface area contributed by atoms with Crippen LogP contribution in [0, 0.1) is 0 Å². The SMILES string of the molecule is COCCNC(=O)CN(C)C(=O)N(CCC(=O)O)C1CC1. The lowest BCUT2D eigenvalue weighted by Gasteiger charge is -2.27. The maximum atomic E-state index is 12.3. The standard InChI is InChI=1S/C13H23N3O5/c1-15(9-11(17)14-6-8-21-2)13(20)16(10-3-4-10)7-5-12(18)19/h10H,3-9H2,1-2H3,(H,14,17)(H,18,19). The monoisotopic (exact) mass is 301 g/mol. The molecule has 0 aliphatic heterocycles. The molecule has 0 spiro atoms. The molecule has 1 fully saturated rings. The third-order valence-corrected chi connectivity index (χ3v) is 3.14. The van der Waals surface area contributed by atoms with E-state index in [4.69, 9.17) is 9.84 Å². The molecule has 0 aromatic heterocycles. The molecular formula is C13H23N3O5. The molecule has 0 radical (unpaired) electrons. The molecule has 0 bridgehead atoms. The lowest BCUT2D eigenvalue weighted by Crippen LogP contribution is -2.47. The molecule has 1 aliphatic carbocycles. The number of amides is 3. The summed E-state index contributed by atoms with van der Waals surface area (Å²) in [6, 6.07) is -0.198. The lowest BCUT2D eigenvalue weighted by molar-refractivity contribution is -0.137. The Morgan fingerprint density at radius 3 is 2.52 bits per heavy atom. The molecule has 1 saturated carbocycles. The van der Waals surface area contributed by atoms with E-state index in [1.807, 2.05) is 0 Å². The van der Waals surface area contributed by atoms with Gasteiger partial charge in [0.15, 0.2) is 0 Å². The smallest absolute Gasteiger partial charge is 0.320 e. The van der Waals surface area contributed by atoms with E-state index in [0.29, 0.717) is 13.2 Å². The largest absolute Gasteiger partial charge is 0.481 e. The second kappa shape index (κ2) is 8.46. The number of hydrogen-bond acceptors (Lipinski definition) is 4. The maximum Gasteiger partial charge on any atom is 0.320 e. The highest BCUT2D eigenvalue weighted by Gasteiger charge is 2.34. The second-order valence-electron chi connectivity index (χ2n) is 5.05. The fourth-order valence-corrected chi connectivity index (χ4v) is 1.89. The number of likely N-dealkylation sites (N-methyl/N-ethyl adjacent to an activating group) is 1. The number of carbonyl (C=O) groups excluding carboxylic acids is 2. The highest BCUT2D eigenvalue weighted by molar-refractivity contribution is 5.84. The third kappa shape index (κ3) is 6.44. The topological polar surface area (TPSA) is 99.2 Å². The van der Waals surface area contributed by atoms with Gasteiger partial charge in [0.05, 0.1) is 13.0 Å². The Balaban J connectivity index is 2.42. The van der Waals surface area contributed by atoms with Crippen molar-refractivity contribution in [1.82, 2.24) is 15.1 Å². The van der Waals surface area contributed by atoms with Crippen molar-refractivity contribution in [3.63, 3.8) is 0 Å². The highest BCUT2D eigenvalue weighted by Crippen LogP contribution is 2.27. The summed E-state index contributed by atoms with van der Waals surface area (Å²) in [5.74, 6) is -1.20. The van der Waals surface area contributed by atoms with Gasteiger partial charge in [-0.3, -0.25) is 9.59 Å². The molecular weight excluding hydrogens is 278 g/mol. The molecule has 0 atom stereocenters. The van der Waals surface area contributed by atoms with E-state index < -0.39 is 5.97 Å². The summed E-state index contributed by atoms with van der Waals surface area (Å²) in [6.45, 7) is 0.923. The number of rotatable bonds is 9. The van der Waals surface area contributed by atoms with E-state index in [1.165, 1.54) is 24.0 Å². The zero-order chi connectivity index (χ0) is 15.8. The van der Waals surface area contributed by atoms with Crippen LogP contribution in [-0.4, -0.2) is 79.3 Å². The minimum Gasteiger partial charge on any atom is -0.481 e. The molecule has 0 saturated heterocycles. The summed E-state index contributed by atoms with van der Waals surface area (Å²) in [6.07, 6.45) is 1.69. The van der Waals surface area contributed by atoms with Crippen LogP contribution in [0.3, 0.4) is 0 Å². The number of carbonyl (C=O) groups is 3. The number of carboxylic acids is 1. The minimum atomic E-state index is -0.937. The number of ether oxygens (including phenoxy) is 1. The Morgan fingerprint density at radius 2 is 2.00 bits per heavy atom. The first kappa shape index (κ1) is 17.2. The normalized spacial score (nSPS) is 13.6. The predicted molar refractivity (Wildman–Crippen MR) is 74.9 cm³/mol. The first-order valence-electron chi connectivity index (χ1n) is 6.95. The molecule has 0 aromatic rings. The van der Waals surface area contributed by atoms with Gasteiger partial charge in [0.1, 0.15) is 6.54 Å². The van der Waals surface area contributed by atoms with Gasteiger partial charge in [0.2, 0.25) is 5.91 Å². The zero-order valence-corrected chi connectivity index (χ0v) is 12.5. The molecule has 2 N–H and O–H groups in total. The van der Waals surface area contributed by atoms with E-state index in [0.717, 1.165) is 12.8 Å². The van der Waals surface area contributed by atoms with Crippen molar-refractivity contribution >= 4 is 17.9 Å². The summed E-state index contributed by atoms with van der Waals surface area (Å²) in [4.78, 5) is 37.4. The van der Waals surface area contributed by atoms with Gasteiger partial charge in [-0.2, -0.15) is 0 Å². The molecule has 0 unspecified atom stereocenters. The van der Waals surface area contributed by atoms with E-state index in [2.05, 4.69) is 5.32 Å². The van der Waals surface area contributed by atoms with Crippen LogP contribution in [0.1, 0.15) is 19.3 Å². The fourth-order valence-electron chi connectivity index (χ4n) is 1.89. The number of aliphatic carboxylic acids is 1. The van der Waals surface area contributed by atoms with Gasteiger partial charge < -0.3 is 25.0 Å². The van der Waals surface area contributed by atoms with Crippen molar-refractivity contribution in [3.05, 3.63) is 0 Å². The molecule has 21 heavy (non-hydrogen) atoms. The van der Waals surface area contributed by atoms with Crippen molar-refractivity contribution in [2.75, 3.05) is 40.4 Å². The number of nitrogens with zero attached hydrogens (tertiary/aromatic N) is 2. The Bertz CT molecular complexity index is 384. The summed E-state index contributed by atoms with van der Waals surface area (Å²) in [7, 11) is 3.08. The molecule has 1 rings (SSSR count). The summed E-state index contributed by atoms with van der Waals surface area (Å²) >= 11 is 0. The van der Waals surface area contributed by atoms with Crippen molar-refractivity contribution in [1.29, 1.82) is 0 Å². The van der Waals surface area contributed by atoms with Crippen molar-refractivity contribution in [2.45, 2.75) is 25.3 Å². The minimum absolute atomic E-state index is 0.0567. The number of nitrogens with one attached hydrogen (secondary N) is 1. The first-order chi connectivity index (χ1) is 9.95. The van der Waals surface area contributed by atoms with Crippen LogP contribution >= 0.6 is 0 Å². The van der Waals surface area contributed by atoms with Crippen LogP contribution in [0.4, 0.5) is 4.79 Å². The Kier molecular flexibility index (Phi) is 6.93. The van der Waals surface area contributed by atoms with Crippen LogP contribution in [0.2, 0.25) is 0 Å². The Hall–Kier alpha value is -1.83. The average molecular weight is 301 g/mol. The zero-order valence-electron chi connectivity index (χ0n) is 12.5. The molecule has 120 valence electrons. The van der Waals surface area contributed by atoms with Crippen LogP contribution < -0.4 is 5.32 Å². The number of urea groups is 1. The fraction of sp³-hybridized carbons (Fsp3) is 0.769. The summed E-state index contributed by atoms with van der Waals surface area (Å²) < 4.78 is 4.82. The molecule has 8 heteroatoms. The third-order valence-electron chi connectivity index (χ3n) is 3.14. The van der Waals surface area contributed by atoms with Gasteiger partial charge in [0.25, 0.3) is 0 Å². The van der Waals surface area contributed by atoms with Gasteiger partial charge in [-0.25, -0.2) is 4.79 Å². The van der Waals surface area contributed by atoms with Gasteiger partial charge in [-0.15, -0.1) is 0 Å². The van der Waals surface area contributed by atoms with Crippen LogP contribution in [0.5, 0.6) is 0 Å². The molecule has 3 amide bonds. The lowest BCUT2D eigenvalue weighted by atomic mass is 10.3. The maximum absolute atomic E-state index is 12.3. The van der Waals surface area contributed by atoms with Crippen molar-refractivity contribution in [2.24, 2.45) is 0 Å². The van der Waals surface area contributed by atoms with Crippen LogP contribution in [-0.2, 0) is 14.3 Å². The second-order valence-corrected chi connectivity index (χ2v) is 5.05. The number of methoxy groups -OCH3 is 1. The van der Waals surface area contributed by atoms with Gasteiger partial charge >= 0.3 is 12.0 Å². The van der Waals surface area contributed by atoms with Gasteiger partial charge in [-0.05, 0) is 12.8 Å². The van der Waals surface area contributed by atoms with Crippen molar-refractivity contribution < 1.29 is 24.2 Å². The van der Waals surface area contributed by atoms with Crippen LogP contribution in [0.25, 0.3) is 0 Å². The van der Waals surface area contributed by atoms with Gasteiger partial charge in [0, 0.05) is 33.3 Å². The van der Waals surface area contributed by atoms with Crippen LogP contribution in [0.15, 0.2) is 0 Å². The number of hydrogen-bond donors (Lipinski definition) is 2. The van der Waals surface area contributed by atoms with Gasteiger partial charge in [-0.1, -0.05) is 0 Å². The highest BCUT2D eigenvalue weighted by atomic mass is 16.5.